The molecule has 0 radical (unpaired) electrons. The van der Waals surface area contributed by atoms with Crippen LogP contribution in [0.3, 0.4) is 0 Å². The lowest BCUT2D eigenvalue weighted by molar-refractivity contribution is 0.474. The molecule has 2 aromatic rings. The Hall–Kier alpha value is -1.88. The molecule has 0 aliphatic carbocycles. The highest BCUT2D eigenvalue weighted by Crippen LogP contribution is 2.29. The fraction of sp³-hybridized carbons (Fsp3) is 0.143. The first kappa shape index (κ1) is 12.2. The highest BCUT2D eigenvalue weighted by atomic mass is 79.9. The van der Waals surface area contributed by atoms with Crippen molar-refractivity contribution in [1.82, 2.24) is 10.4 Å². The Morgan fingerprint density at radius 2 is 2.21 bits per heavy atom. The zero-order chi connectivity index (χ0) is 13.2. The molecule has 0 fully saturated rings. The lowest BCUT2D eigenvalue weighted by Crippen LogP contribution is -2.10. The second-order valence-corrected chi connectivity index (χ2v) is 5.31. The van der Waals surface area contributed by atoms with E-state index in [1.165, 1.54) is 0 Å². The van der Waals surface area contributed by atoms with Gasteiger partial charge in [0.05, 0.1) is 11.8 Å². The third kappa shape index (κ3) is 2.46. The van der Waals surface area contributed by atoms with E-state index in [1.807, 2.05) is 24.4 Å². The largest absolute Gasteiger partial charge is 0.507 e. The first-order chi connectivity index (χ1) is 9.24. The lowest BCUT2D eigenvalue weighted by atomic mass is 10.00. The topological polar surface area (TPSA) is 57.5 Å². The maximum Gasteiger partial charge on any atom is 0.124 e. The summed E-state index contributed by atoms with van der Waals surface area (Å²) in [6.07, 6.45) is 4.31. The van der Waals surface area contributed by atoms with Crippen LogP contribution in [-0.2, 0) is 0 Å². The monoisotopic (exact) mass is 317 g/mol. The number of hydrazone groups is 1. The van der Waals surface area contributed by atoms with Crippen LogP contribution in [0.2, 0.25) is 0 Å². The number of hydrogen-bond acceptors (Lipinski definition) is 4. The Bertz CT molecular complexity index is 628. The summed E-state index contributed by atoms with van der Waals surface area (Å²) >= 11 is 3.41. The second-order valence-electron chi connectivity index (χ2n) is 4.39. The van der Waals surface area contributed by atoms with Crippen LogP contribution in [0.25, 0.3) is 0 Å². The van der Waals surface area contributed by atoms with Crippen LogP contribution >= 0.6 is 15.9 Å². The van der Waals surface area contributed by atoms with Crippen molar-refractivity contribution in [2.75, 3.05) is 0 Å². The number of phenols is 1. The number of hydrogen-bond donors (Lipinski definition) is 2. The molecule has 0 unspecified atom stereocenters. The van der Waals surface area contributed by atoms with Crippen molar-refractivity contribution < 1.29 is 5.11 Å². The summed E-state index contributed by atoms with van der Waals surface area (Å²) in [5.74, 6) is 0.246. The van der Waals surface area contributed by atoms with Gasteiger partial charge in [-0.15, -0.1) is 0 Å². The summed E-state index contributed by atoms with van der Waals surface area (Å²) in [5, 5.41) is 14.2. The molecule has 0 saturated heterocycles. The van der Waals surface area contributed by atoms with Crippen molar-refractivity contribution >= 4 is 21.6 Å². The molecule has 96 valence electrons. The average molecular weight is 318 g/mol. The molecule has 1 aromatic carbocycles. The van der Waals surface area contributed by atoms with Crippen LogP contribution in [0.5, 0.6) is 5.75 Å². The summed E-state index contributed by atoms with van der Waals surface area (Å²) in [5.41, 5.74) is 5.79. The van der Waals surface area contributed by atoms with E-state index >= 15 is 0 Å². The molecule has 3 rings (SSSR count). The highest BCUT2D eigenvalue weighted by molar-refractivity contribution is 9.10. The molecule has 2 N–H and O–H groups in total. The fourth-order valence-corrected chi connectivity index (χ4v) is 2.49. The van der Waals surface area contributed by atoms with Crippen molar-refractivity contribution in [2.45, 2.75) is 12.5 Å². The van der Waals surface area contributed by atoms with Crippen LogP contribution in [-0.4, -0.2) is 15.8 Å². The van der Waals surface area contributed by atoms with Crippen molar-refractivity contribution in [3.05, 3.63) is 58.3 Å². The SMILES string of the molecule is Oc1ccc(Br)cc1C1=NN[C@@H](c2cccnc2)C1. The van der Waals surface area contributed by atoms with Gasteiger partial charge in [0.2, 0.25) is 0 Å². The molecular formula is C14H12BrN3O. The maximum absolute atomic E-state index is 9.91. The number of pyridine rings is 1. The third-order valence-electron chi connectivity index (χ3n) is 3.11. The van der Waals surface area contributed by atoms with E-state index < -0.39 is 0 Å². The summed E-state index contributed by atoms with van der Waals surface area (Å²) in [6.45, 7) is 0. The Balaban J connectivity index is 1.84. The van der Waals surface area contributed by atoms with Gasteiger partial charge in [0.25, 0.3) is 0 Å². The molecule has 2 heterocycles. The number of rotatable bonds is 2. The van der Waals surface area contributed by atoms with E-state index in [4.69, 9.17) is 0 Å². The lowest BCUT2D eigenvalue weighted by Gasteiger charge is -2.09. The van der Waals surface area contributed by atoms with Crippen LogP contribution in [0.1, 0.15) is 23.6 Å². The van der Waals surface area contributed by atoms with E-state index in [0.29, 0.717) is 0 Å². The van der Waals surface area contributed by atoms with Gasteiger partial charge >= 0.3 is 0 Å². The van der Waals surface area contributed by atoms with Gasteiger partial charge in [0.1, 0.15) is 5.75 Å². The Kier molecular flexibility index (Phi) is 3.21. The standard InChI is InChI=1S/C14H12BrN3O/c15-10-3-4-14(19)11(6-10)13-7-12(17-18-13)9-2-1-5-16-8-9/h1-6,8,12,17,19H,7H2/t12-/m1/s1. The van der Waals surface area contributed by atoms with Crippen molar-refractivity contribution in [2.24, 2.45) is 5.10 Å². The molecule has 1 atom stereocenters. The fourth-order valence-electron chi connectivity index (χ4n) is 2.12. The molecular weight excluding hydrogens is 306 g/mol. The minimum Gasteiger partial charge on any atom is -0.507 e. The summed E-state index contributed by atoms with van der Waals surface area (Å²) < 4.78 is 0.924. The van der Waals surface area contributed by atoms with Crippen LogP contribution < -0.4 is 5.43 Å². The maximum atomic E-state index is 9.91. The van der Waals surface area contributed by atoms with Gasteiger partial charge in [0.15, 0.2) is 0 Å². The molecule has 0 spiro atoms. The smallest absolute Gasteiger partial charge is 0.124 e. The van der Waals surface area contributed by atoms with E-state index in [1.54, 1.807) is 18.3 Å². The van der Waals surface area contributed by atoms with E-state index in [-0.39, 0.29) is 11.8 Å². The van der Waals surface area contributed by atoms with Gasteiger partial charge in [-0.25, -0.2) is 0 Å². The number of phenolic OH excluding ortho intramolecular Hbond substituents is 1. The molecule has 0 bridgehead atoms. The molecule has 1 aromatic heterocycles. The first-order valence-corrected chi connectivity index (χ1v) is 6.74. The molecule has 0 saturated carbocycles. The van der Waals surface area contributed by atoms with Gasteiger partial charge in [0, 0.05) is 28.9 Å². The minimum atomic E-state index is 0.113. The predicted octanol–water partition coefficient (Wildman–Crippen LogP) is 2.99. The summed E-state index contributed by atoms with van der Waals surface area (Å²) in [6, 6.07) is 9.39. The second kappa shape index (κ2) is 5.01. The van der Waals surface area contributed by atoms with E-state index in [2.05, 4.69) is 31.4 Å². The number of aromatic nitrogens is 1. The van der Waals surface area contributed by atoms with Gasteiger partial charge < -0.3 is 10.5 Å². The van der Waals surface area contributed by atoms with Crippen molar-refractivity contribution in [1.29, 1.82) is 0 Å². The molecule has 1 aliphatic heterocycles. The van der Waals surface area contributed by atoms with Crippen molar-refractivity contribution in [3.8, 4) is 5.75 Å². The molecule has 1 aliphatic rings. The van der Waals surface area contributed by atoms with Crippen molar-refractivity contribution in [3.63, 3.8) is 0 Å². The van der Waals surface area contributed by atoms with E-state index in [9.17, 15) is 5.11 Å². The highest BCUT2D eigenvalue weighted by Gasteiger charge is 2.23. The quantitative estimate of drug-likeness (QED) is 0.895. The van der Waals surface area contributed by atoms with Gasteiger partial charge in [-0.2, -0.15) is 5.10 Å². The Labute approximate surface area is 119 Å². The molecule has 5 heteroatoms. The first-order valence-electron chi connectivity index (χ1n) is 5.95. The number of nitrogens with one attached hydrogen (secondary N) is 1. The zero-order valence-corrected chi connectivity index (χ0v) is 11.6. The Morgan fingerprint density at radius 1 is 1.32 bits per heavy atom. The van der Waals surface area contributed by atoms with Gasteiger partial charge in [-0.3, -0.25) is 4.98 Å². The predicted molar refractivity (Wildman–Crippen MR) is 77.1 cm³/mol. The Morgan fingerprint density at radius 3 is 3.00 bits per heavy atom. The average Bonchev–Trinajstić information content (AvgIpc) is 2.92. The molecule has 19 heavy (non-hydrogen) atoms. The van der Waals surface area contributed by atoms with Crippen LogP contribution in [0, 0.1) is 0 Å². The molecule has 0 amide bonds. The number of nitrogens with zero attached hydrogens (tertiary/aromatic N) is 2. The third-order valence-corrected chi connectivity index (χ3v) is 3.60. The number of benzene rings is 1. The molecule has 4 nitrogen and oxygen atoms in total. The van der Waals surface area contributed by atoms with Gasteiger partial charge in [-0.05, 0) is 29.8 Å². The zero-order valence-electron chi connectivity index (χ0n) is 10.0. The summed E-state index contributed by atoms with van der Waals surface area (Å²) in [4.78, 5) is 4.11. The minimum absolute atomic E-state index is 0.113. The number of aromatic hydroxyl groups is 1. The van der Waals surface area contributed by atoms with E-state index in [0.717, 1.165) is 27.7 Å². The summed E-state index contributed by atoms with van der Waals surface area (Å²) in [7, 11) is 0. The van der Waals surface area contributed by atoms with Crippen LogP contribution in [0.4, 0.5) is 0 Å². The van der Waals surface area contributed by atoms with Gasteiger partial charge in [-0.1, -0.05) is 22.0 Å². The number of halogens is 1. The van der Waals surface area contributed by atoms with Crippen LogP contribution in [0.15, 0.2) is 52.3 Å². The normalized spacial score (nSPS) is 17.9.